The van der Waals surface area contributed by atoms with Crippen LogP contribution in [0.25, 0.3) is 11.8 Å². The molecule has 26 heavy (non-hydrogen) atoms. The highest BCUT2D eigenvalue weighted by Gasteiger charge is 2.27. The van der Waals surface area contributed by atoms with Gasteiger partial charge in [0.1, 0.15) is 11.3 Å². The number of hydrogen-bond acceptors (Lipinski definition) is 4. The van der Waals surface area contributed by atoms with Crippen molar-refractivity contribution >= 4 is 17.8 Å². The first-order chi connectivity index (χ1) is 12.4. The predicted molar refractivity (Wildman–Crippen MR) is 103 cm³/mol. The smallest absolute Gasteiger partial charge is 0.343 e. The first-order valence-electron chi connectivity index (χ1n) is 8.56. The molecule has 134 valence electrons. The van der Waals surface area contributed by atoms with Gasteiger partial charge in [0.2, 0.25) is 0 Å². The van der Waals surface area contributed by atoms with E-state index in [0.29, 0.717) is 11.4 Å². The highest BCUT2D eigenvalue weighted by molar-refractivity contribution is 6.22. The van der Waals surface area contributed by atoms with E-state index in [4.69, 9.17) is 4.74 Å². The lowest BCUT2D eigenvalue weighted by Gasteiger charge is -2.09. The standard InChI is InChI=1S/C21H22N2O3/c1-5-26-21(25)19-14(3)22-18(20(19)24)12-16-11-13(2)23(15(16)4)17-9-7-6-8-10-17/h6-12,24H,5H2,1-4H3. The first kappa shape index (κ1) is 17.7. The highest BCUT2D eigenvalue weighted by Crippen LogP contribution is 2.29. The van der Waals surface area contributed by atoms with E-state index in [9.17, 15) is 9.90 Å². The summed E-state index contributed by atoms with van der Waals surface area (Å²) in [5.74, 6) is -0.685. The van der Waals surface area contributed by atoms with Crippen molar-refractivity contribution in [3.63, 3.8) is 0 Å². The monoisotopic (exact) mass is 350 g/mol. The van der Waals surface area contributed by atoms with Crippen molar-refractivity contribution in [2.45, 2.75) is 27.7 Å². The number of aliphatic hydroxyl groups excluding tert-OH is 1. The maximum absolute atomic E-state index is 12.0. The summed E-state index contributed by atoms with van der Waals surface area (Å²) in [6, 6.07) is 12.1. The van der Waals surface area contributed by atoms with Gasteiger partial charge in [-0.25, -0.2) is 9.79 Å². The second kappa shape index (κ2) is 7.04. The third kappa shape index (κ3) is 3.08. The Hall–Kier alpha value is -3.08. The molecule has 1 aliphatic rings. The van der Waals surface area contributed by atoms with Crippen molar-refractivity contribution in [2.24, 2.45) is 4.99 Å². The summed E-state index contributed by atoms with van der Waals surface area (Å²) < 4.78 is 7.14. The molecule has 1 N–H and O–H groups in total. The summed E-state index contributed by atoms with van der Waals surface area (Å²) in [6.07, 6.45) is 1.80. The summed E-state index contributed by atoms with van der Waals surface area (Å²) in [7, 11) is 0. The van der Waals surface area contributed by atoms with E-state index in [-0.39, 0.29) is 17.9 Å². The topological polar surface area (TPSA) is 63.8 Å². The Labute approximate surface area is 153 Å². The zero-order valence-corrected chi connectivity index (χ0v) is 15.4. The molecule has 1 aromatic heterocycles. The summed E-state index contributed by atoms with van der Waals surface area (Å²) >= 11 is 0. The van der Waals surface area contributed by atoms with Crippen LogP contribution >= 0.6 is 0 Å². The number of aromatic nitrogens is 1. The molecule has 0 aliphatic carbocycles. The number of carbonyl (C=O) groups excluding carboxylic acids is 1. The number of carbonyl (C=O) groups is 1. The van der Waals surface area contributed by atoms with Crippen LogP contribution in [0.2, 0.25) is 0 Å². The van der Waals surface area contributed by atoms with Crippen LogP contribution in [-0.4, -0.2) is 28.0 Å². The minimum Gasteiger partial charge on any atom is -0.505 e. The summed E-state index contributed by atoms with van der Waals surface area (Å²) in [4.78, 5) is 16.4. The summed E-state index contributed by atoms with van der Waals surface area (Å²) in [6.45, 7) is 7.72. The fraction of sp³-hybridized carbons (Fsp3) is 0.238. The average molecular weight is 350 g/mol. The lowest BCUT2D eigenvalue weighted by Crippen LogP contribution is -2.13. The lowest BCUT2D eigenvalue weighted by molar-refractivity contribution is -0.138. The van der Waals surface area contributed by atoms with Crippen LogP contribution in [-0.2, 0) is 9.53 Å². The number of hydrogen-bond donors (Lipinski definition) is 1. The van der Waals surface area contributed by atoms with E-state index in [1.165, 1.54) is 0 Å². The van der Waals surface area contributed by atoms with Crippen molar-refractivity contribution in [3.8, 4) is 5.69 Å². The Kier molecular flexibility index (Phi) is 4.80. The molecule has 5 nitrogen and oxygen atoms in total. The molecule has 1 aliphatic heterocycles. The maximum atomic E-state index is 12.0. The highest BCUT2D eigenvalue weighted by atomic mass is 16.5. The second-order valence-corrected chi connectivity index (χ2v) is 6.17. The minimum absolute atomic E-state index is 0.134. The van der Waals surface area contributed by atoms with Crippen LogP contribution in [0.5, 0.6) is 0 Å². The van der Waals surface area contributed by atoms with Crippen LogP contribution in [0.3, 0.4) is 0 Å². The Morgan fingerprint density at radius 1 is 1.23 bits per heavy atom. The summed E-state index contributed by atoms with van der Waals surface area (Å²) in [5, 5.41) is 10.5. The third-order valence-electron chi connectivity index (χ3n) is 4.39. The molecule has 3 rings (SSSR count). The van der Waals surface area contributed by atoms with E-state index in [1.54, 1.807) is 19.9 Å². The normalized spacial score (nSPS) is 15.5. The molecular weight excluding hydrogens is 328 g/mol. The van der Waals surface area contributed by atoms with Crippen molar-refractivity contribution in [3.05, 3.63) is 70.4 Å². The number of esters is 1. The SMILES string of the molecule is CCOC(=O)C1=C(O)C(=Cc2cc(C)n(-c3ccccc3)c2C)N=C1C. The molecule has 0 unspecified atom stereocenters. The van der Waals surface area contributed by atoms with E-state index < -0.39 is 5.97 Å². The number of aliphatic imine (C=N–C) groups is 1. The Morgan fingerprint density at radius 2 is 1.92 bits per heavy atom. The quantitative estimate of drug-likeness (QED) is 0.837. The molecule has 2 aromatic rings. The van der Waals surface area contributed by atoms with Gasteiger partial charge >= 0.3 is 5.97 Å². The Morgan fingerprint density at radius 3 is 2.58 bits per heavy atom. The predicted octanol–water partition coefficient (Wildman–Crippen LogP) is 4.28. The van der Waals surface area contributed by atoms with Gasteiger partial charge < -0.3 is 14.4 Å². The number of aryl methyl sites for hydroxylation is 1. The van der Waals surface area contributed by atoms with Gasteiger partial charge in [-0.2, -0.15) is 0 Å². The van der Waals surface area contributed by atoms with Crippen LogP contribution < -0.4 is 0 Å². The average Bonchev–Trinajstić information content (AvgIpc) is 3.04. The van der Waals surface area contributed by atoms with E-state index in [0.717, 1.165) is 22.6 Å². The molecule has 5 heteroatoms. The fourth-order valence-electron chi connectivity index (χ4n) is 3.19. The molecule has 0 atom stereocenters. The van der Waals surface area contributed by atoms with Crippen molar-refractivity contribution < 1.29 is 14.6 Å². The number of nitrogens with zero attached hydrogens (tertiary/aromatic N) is 2. The minimum atomic E-state index is -0.551. The zero-order valence-electron chi connectivity index (χ0n) is 15.4. The largest absolute Gasteiger partial charge is 0.505 e. The van der Waals surface area contributed by atoms with Gasteiger partial charge in [-0.05, 0) is 57.5 Å². The van der Waals surface area contributed by atoms with Gasteiger partial charge in [0.15, 0.2) is 5.76 Å². The van der Waals surface area contributed by atoms with Crippen LogP contribution in [0.4, 0.5) is 0 Å². The molecule has 0 bridgehead atoms. The zero-order chi connectivity index (χ0) is 18.8. The van der Waals surface area contributed by atoms with Gasteiger partial charge in [-0.1, -0.05) is 18.2 Å². The molecule has 0 amide bonds. The van der Waals surface area contributed by atoms with Gasteiger partial charge in [0.25, 0.3) is 0 Å². The van der Waals surface area contributed by atoms with Crippen molar-refractivity contribution in [1.82, 2.24) is 4.57 Å². The molecule has 0 fully saturated rings. The molecule has 2 heterocycles. The maximum Gasteiger partial charge on any atom is 0.343 e. The van der Waals surface area contributed by atoms with Crippen molar-refractivity contribution in [2.75, 3.05) is 6.61 Å². The fourth-order valence-corrected chi connectivity index (χ4v) is 3.19. The van der Waals surface area contributed by atoms with Crippen LogP contribution in [0, 0.1) is 13.8 Å². The lowest BCUT2D eigenvalue weighted by atomic mass is 10.1. The second-order valence-electron chi connectivity index (χ2n) is 6.17. The van der Waals surface area contributed by atoms with Crippen molar-refractivity contribution in [1.29, 1.82) is 0 Å². The van der Waals surface area contributed by atoms with Crippen LogP contribution in [0.15, 0.2) is 58.4 Å². The van der Waals surface area contributed by atoms with E-state index >= 15 is 0 Å². The number of rotatable bonds is 4. The van der Waals surface area contributed by atoms with Gasteiger partial charge in [0, 0.05) is 17.1 Å². The first-order valence-corrected chi connectivity index (χ1v) is 8.56. The third-order valence-corrected chi connectivity index (χ3v) is 4.39. The number of para-hydroxylation sites is 1. The molecule has 0 saturated carbocycles. The summed E-state index contributed by atoms with van der Waals surface area (Å²) in [5.41, 5.74) is 5.09. The van der Waals surface area contributed by atoms with E-state index in [2.05, 4.69) is 9.56 Å². The van der Waals surface area contributed by atoms with Gasteiger partial charge in [-0.15, -0.1) is 0 Å². The van der Waals surface area contributed by atoms with Gasteiger partial charge in [0.05, 0.1) is 12.3 Å². The number of benzene rings is 1. The Balaban J connectivity index is 2.03. The van der Waals surface area contributed by atoms with E-state index in [1.807, 2.05) is 50.2 Å². The molecule has 0 saturated heterocycles. The molecule has 0 spiro atoms. The molecule has 0 radical (unpaired) electrons. The molecule has 1 aromatic carbocycles. The van der Waals surface area contributed by atoms with Gasteiger partial charge in [-0.3, -0.25) is 0 Å². The van der Waals surface area contributed by atoms with Crippen LogP contribution in [0.1, 0.15) is 30.8 Å². The Bertz CT molecular complexity index is 947. The number of ether oxygens (including phenoxy) is 1. The number of aliphatic hydroxyl groups is 1. The molecular formula is C21H22N2O3.